The summed E-state index contributed by atoms with van der Waals surface area (Å²) in [5, 5.41) is 3.39. The largest absolute Gasteiger partial charge is 0.454 e. The van der Waals surface area contributed by atoms with E-state index in [1.54, 1.807) is 12.1 Å². The fourth-order valence-electron chi connectivity index (χ4n) is 4.94. The van der Waals surface area contributed by atoms with Crippen molar-refractivity contribution in [3.05, 3.63) is 53.5 Å². The van der Waals surface area contributed by atoms with Gasteiger partial charge in [-0.25, -0.2) is 19.0 Å². The smallest absolute Gasteiger partial charge is 0.336 e. The van der Waals surface area contributed by atoms with Crippen LogP contribution in [0, 0.1) is 5.82 Å². The highest BCUT2D eigenvalue weighted by molar-refractivity contribution is 5.95. The Kier molecular flexibility index (Phi) is 6.58. The molecule has 178 valence electrons. The predicted molar refractivity (Wildman–Crippen MR) is 125 cm³/mol. The Bertz CT molecular complexity index is 1110. The van der Waals surface area contributed by atoms with Crippen LogP contribution in [0.5, 0.6) is 5.75 Å². The Hall–Kier alpha value is -3.26. The second-order valence-electron chi connectivity index (χ2n) is 8.88. The fraction of sp³-hybridized carbons (Fsp3) is 0.423. The number of esters is 2. The van der Waals surface area contributed by atoms with Crippen LogP contribution >= 0.6 is 0 Å². The van der Waals surface area contributed by atoms with Crippen LogP contribution in [0.25, 0.3) is 11.1 Å². The van der Waals surface area contributed by atoms with E-state index in [2.05, 4.69) is 10.2 Å². The number of hydrogen-bond donors (Lipinski definition) is 1. The maximum Gasteiger partial charge on any atom is 0.336 e. The van der Waals surface area contributed by atoms with Crippen molar-refractivity contribution in [1.29, 1.82) is 0 Å². The van der Waals surface area contributed by atoms with Gasteiger partial charge in [0.05, 0.1) is 5.69 Å². The van der Waals surface area contributed by atoms with Crippen molar-refractivity contribution in [3.8, 4) is 16.9 Å². The molecule has 1 aromatic carbocycles. The van der Waals surface area contributed by atoms with Gasteiger partial charge in [-0.2, -0.15) is 0 Å². The number of anilines is 1. The predicted octanol–water partition coefficient (Wildman–Crippen LogP) is 3.86. The number of nitrogens with zero attached hydrogens (tertiary/aromatic N) is 2. The number of aromatic nitrogens is 1. The van der Waals surface area contributed by atoms with Gasteiger partial charge in [-0.1, -0.05) is 18.6 Å². The van der Waals surface area contributed by atoms with E-state index in [9.17, 15) is 14.0 Å². The molecular weight excluding hydrogens is 437 g/mol. The summed E-state index contributed by atoms with van der Waals surface area (Å²) in [5.74, 6) is -0.685. The highest BCUT2D eigenvalue weighted by Crippen LogP contribution is 2.47. The van der Waals surface area contributed by atoms with Gasteiger partial charge in [-0.05, 0) is 56.3 Å². The van der Waals surface area contributed by atoms with Crippen molar-refractivity contribution in [3.63, 3.8) is 0 Å². The van der Waals surface area contributed by atoms with Gasteiger partial charge in [0.1, 0.15) is 11.9 Å². The average Bonchev–Trinajstić information content (AvgIpc) is 3.10. The van der Waals surface area contributed by atoms with Gasteiger partial charge < -0.3 is 19.7 Å². The lowest BCUT2D eigenvalue weighted by Crippen LogP contribution is -2.30. The minimum atomic E-state index is -0.680. The summed E-state index contributed by atoms with van der Waals surface area (Å²) in [6.45, 7) is 3.17. The van der Waals surface area contributed by atoms with E-state index >= 15 is 0 Å². The molecule has 34 heavy (non-hydrogen) atoms. The first-order chi connectivity index (χ1) is 16.6. The molecule has 2 aliphatic heterocycles. The number of pyridine rings is 1. The second kappa shape index (κ2) is 9.93. The van der Waals surface area contributed by atoms with E-state index in [0.29, 0.717) is 35.7 Å². The number of aryl methyl sites for hydroxylation is 1. The third-order valence-electron chi connectivity index (χ3n) is 6.54. The summed E-state index contributed by atoms with van der Waals surface area (Å²) in [6.07, 6.45) is 6.84. The Morgan fingerprint density at radius 2 is 1.79 bits per heavy atom. The zero-order chi connectivity index (χ0) is 23.5. The molecule has 5 rings (SSSR count). The van der Waals surface area contributed by atoms with E-state index < -0.39 is 18.0 Å². The molecule has 7 nitrogen and oxygen atoms in total. The van der Waals surface area contributed by atoms with Crippen molar-refractivity contribution in [1.82, 2.24) is 10.3 Å². The summed E-state index contributed by atoms with van der Waals surface area (Å²) in [4.78, 5) is 32.4. The first-order valence-corrected chi connectivity index (χ1v) is 12.0. The number of benzene rings is 1. The third-order valence-corrected chi connectivity index (χ3v) is 6.54. The summed E-state index contributed by atoms with van der Waals surface area (Å²) in [5.41, 5.74) is 2.95. The molecule has 2 bridgehead atoms. The van der Waals surface area contributed by atoms with Gasteiger partial charge in [0.25, 0.3) is 0 Å². The Morgan fingerprint density at radius 1 is 0.971 bits per heavy atom. The van der Waals surface area contributed by atoms with Crippen molar-refractivity contribution >= 4 is 17.8 Å². The van der Waals surface area contributed by atoms with Crippen LogP contribution in [0.4, 0.5) is 10.2 Å². The standard InChI is InChI=1S/C26H28FN3O4/c27-18-9-7-17(8-10-18)23-24-19-5-2-1-3-6-20(24)33-21(31)11-12-22(32)34-25(23)26(29-19)30-15-4-13-28-14-16-30/h7-12,20,28H,1-6,13-16H2/b12-11-. The van der Waals surface area contributed by atoms with E-state index in [0.717, 1.165) is 75.1 Å². The van der Waals surface area contributed by atoms with Gasteiger partial charge in [-0.15, -0.1) is 0 Å². The SMILES string of the molecule is O=C1/C=C\C(=O)OC2CCCCCc3nc(N4CCCNCC4)c(c(-c4ccc(F)cc4)c32)O1. The molecule has 1 fully saturated rings. The van der Waals surface area contributed by atoms with Crippen LogP contribution < -0.4 is 15.0 Å². The topological polar surface area (TPSA) is 80.8 Å². The molecule has 3 aliphatic rings. The van der Waals surface area contributed by atoms with E-state index in [1.807, 2.05) is 0 Å². The fourth-order valence-corrected chi connectivity index (χ4v) is 4.94. The van der Waals surface area contributed by atoms with E-state index in [4.69, 9.17) is 14.5 Å². The average molecular weight is 466 g/mol. The van der Waals surface area contributed by atoms with E-state index in [-0.39, 0.29) is 5.82 Å². The quantitative estimate of drug-likeness (QED) is 0.675. The molecule has 0 spiro atoms. The molecule has 1 aliphatic carbocycles. The maximum absolute atomic E-state index is 13.9. The molecule has 1 unspecified atom stereocenters. The van der Waals surface area contributed by atoms with Gasteiger partial charge in [-0.3, -0.25) is 0 Å². The summed E-state index contributed by atoms with van der Waals surface area (Å²) < 4.78 is 25.6. The molecule has 1 aromatic heterocycles. The monoisotopic (exact) mass is 465 g/mol. The van der Waals surface area contributed by atoms with Crippen LogP contribution in [-0.2, 0) is 20.7 Å². The van der Waals surface area contributed by atoms with Gasteiger partial charge >= 0.3 is 11.9 Å². The normalized spacial score (nSPS) is 22.0. The number of fused-ring (bicyclic) bond motifs is 1. The van der Waals surface area contributed by atoms with Crippen LogP contribution in [0.1, 0.15) is 49.5 Å². The summed E-state index contributed by atoms with van der Waals surface area (Å²) in [7, 11) is 0. The Balaban J connectivity index is 1.80. The first-order valence-electron chi connectivity index (χ1n) is 12.0. The van der Waals surface area contributed by atoms with Crippen molar-refractivity contribution in [2.75, 3.05) is 31.1 Å². The van der Waals surface area contributed by atoms with Crippen molar-refractivity contribution < 1.29 is 23.5 Å². The number of rotatable bonds is 2. The second-order valence-corrected chi connectivity index (χ2v) is 8.88. The van der Waals surface area contributed by atoms with Gasteiger partial charge in [0.15, 0.2) is 11.6 Å². The third kappa shape index (κ3) is 4.68. The van der Waals surface area contributed by atoms with Gasteiger partial charge in [0.2, 0.25) is 0 Å². The number of carbonyl (C=O) groups is 2. The molecule has 2 aromatic rings. The number of hydrogen-bond acceptors (Lipinski definition) is 7. The first kappa shape index (κ1) is 22.5. The highest BCUT2D eigenvalue weighted by Gasteiger charge is 2.33. The molecule has 1 atom stereocenters. The van der Waals surface area contributed by atoms with Crippen molar-refractivity contribution in [2.24, 2.45) is 0 Å². The van der Waals surface area contributed by atoms with E-state index in [1.165, 1.54) is 12.1 Å². The number of carbonyl (C=O) groups excluding carboxylic acids is 2. The Labute approximate surface area is 198 Å². The molecule has 8 heteroatoms. The molecule has 1 N–H and O–H groups in total. The number of nitrogens with one attached hydrogen (secondary N) is 1. The minimum absolute atomic E-state index is 0.338. The molecule has 3 heterocycles. The van der Waals surface area contributed by atoms with Crippen LogP contribution in [0.15, 0.2) is 36.4 Å². The Morgan fingerprint density at radius 3 is 2.65 bits per heavy atom. The molecule has 0 radical (unpaired) electrons. The summed E-state index contributed by atoms with van der Waals surface area (Å²) in [6, 6.07) is 6.13. The molecule has 0 saturated carbocycles. The van der Waals surface area contributed by atoms with Crippen LogP contribution in [0.2, 0.25) is 0 Å². The summed E-state index contributed by atoms with van der Waals surface area (Å²) >= 11 is 0. The van der Waals surface area contributed by atoms with Crippen LogP contribution in [-0.4, -0.2) is 43.1 Å². The van der Waals surface area contributed by atoms with Crippen molar-refractivity contribution in [2.45, 2.75) is 44.6 Å². The molecule has 0 amide bonds. The number of ether oxygens (including phenoxy) is 2. The van der Waals surface area contributed by atoms with Crippen LogP contribution in [0.3, 0.4) is 0 Å². The lowest BCUT2D eigenvalue weighted by Gasteiger charge is -2.31. The maximum atomic E-state index is 13.9. The number of halogens is 1. The lowest BCUT2D eigenvalue weighted by molar-refractivity contribution is -0.144. The zero-order valence-electron chi connectivity index (χ0n) is 19.0. The molecule has 1 saturated heterocycles. The lowest BCUT2D eigenvalue weighted by atomic mass is 9.87. The van der Waals surface area contributed by atoms with Gasteiger partial charge in [0, 0.05) is 42.9 Å². The molecular formula is C26H28FN3O4. The highest BCUT2D eigenvalue weighted by atomic mass is 19.1. The minimum Gasteiger partial charge on any atom is -0.454 e. The zero-order valence-corrected chi connectivity index (χ0v) is 19.0.